The first-order valence-corrected chi connectivity index (χ1v) is 13.7. The van der Waals surface area contributed by atoms with E-state index in [2.05, 4.69) is 10.2 Å². The Bertz CT molecular complexity index is 1410. The highest BCUT2D eigenvalue weighted by atomic mass is 32.2. The van der Waals surface area contributed by atoms with E-state index in [9.17, 15) is 9.00 Å². The Kier molecular flexibility index (Phi) is 7.51. The molecule has 1 heterocycles. The predicted molar refractivity (Wildman–Crippen MR) is 146 cm³/mol. The average Bonchev–Trinajstić information content (AvgIpc) is 3.15. The van der Waals surface area contributed by atoms with Crippen molar-refractivity contribution in [1.29, 1.82) is 0 Å². The van der Waals surface area contributed by atoms with Crippen LogP contribution in [-0.4, -0.2) is 29.5 Å². The van der Waals surface area contributed by atoms with Gasteiger partial charge < -0.3 is 19.7 Å². The van der Waals surface area contributed by atoms with E-state index in [4.69, 9.17) is 9.47 Å². The summed E-state index contributed by atoms with van der Waals surface area (Å²) in [6, 6.07) is 30.6. The van der Waals surface area contributed by atoms with Crippen molar-refractivity contribution >= 4 is 28.1 Å². The van der Waals surface area contributed by atoms with Crippen LogP contribution in [0.25, 0.3) is 0 Å². The number of hydrogen-bond donors (Lipinski definition) is 1. The highest BCUT2D eigenvalue weighted by Gasteiger charge is 2.20. The fourth-order valence-electron chi connectivity index (χ4n) is 4.21. The van der Waals surface area contributed by atoms with Gasteiger partial charge in [-0.25, -0.2) is 0 Å². The average molecular weight is 513 g/mol. The molecule has 0 fully saturated rings. The van der Waals surface area contributed by atoms with E-state index in [1.807, 2.05) is 91.0 Å². The van der Waals surface area contributed by atoms with E-state index in [-0.39, 0.29) is 5.91 Å². The molecule has 0 aromatic heterocycles. The zero-order valence-corrected chi connectivity index (χ0v) is 21.4. The van der Waals surface area contributed by atoms with Gasteiger partial charge in [-0.2, -0.15) is 0 Å². The van der Waals surface area contributed by atoms with E-state index < -0.39 is 10.8 Å². The van der Waals surface area contributed by atoms with Gasteiger partial charge in [-0.15, -0.1) is 0 Å². The lowest BCUT2D eigenvalue weighted by atomic mass is 10.1. The molecule has 4 aromatic carbocycles. The van der Waals surface area contributed by atoms with Gasteiger partial charge in [0.1, 0.15) is 17.2 Å². The number of amides is 1. The predicted octanol–water partition coefficient (Wildman–Crippen LogP) is 6.07. The van der Waals surface area contributed by atoms with Crippen LogP contribution in [0.15, 0.2) is 102 Å². The molecule has 0 saturated heterocycles. The van der Waals surface area contributed by atoms with Gasteiger partial charge in [-0.1, -0.05) is 36.4 Å². The zero-order valence-electron chi connectivity index (χ0n) is 20.6. The molecular formula is C30H28N2O4S. The van der Waals surface area contributed by atoms with Crippen molar-refractivity contribution < 1.29 is 18.5 Å². The lowest BCUT2D eigenvalue weighted by Crippen LogP contribution is -2.23. The highest BCUT2D eigenvalue weighted by molar-refractivity contribution is 7.84. The minimum absolute atomic E-state index is 0.177. The fourth-order valence-corrected chi connectivity index (χ4v) is 4.73. The van der Waals surface area contributed by atoms with Gasteiger partial charge in [-0.05, 0) is 66.6 Å². The number of hydrogen-bond acceptors (Lipinski definition) is 5. The topological polar surface area (TPSA) is 67.9 Å². The lowest BCUT2D eigenvalue weighted by Gasteiger charge is -2.24. The van der Waals surface area contributed by atoms with Crippen LogP contribution in [0.2, 0.25) is 0 Å². The summed E-state index contributed by atoms with van der Waals surface area (Å²) in [4.78, 5) is 15.8. The van der Waals surface area contributed by atoms with Gasteiger partial charge in [0.2, 0.25) is 0 Å². The van der Waals surface area contributed by atoms with E-state index in [1.54, 1.807) is 12.3 Å². The molecule has 1 atom stereocenters. The molecule has 4 aromatic rings. The zero-order chi connectivity index (χ0) is 25.6. The summed E-state index contributed by atoms with van der Waals surface area (Å²) in [6.07, 6.45) is 2.49. The molecule has 0 bridgehead atoms. The van der Waals surface area contributed by atoms with Crippen LogP contribution in [0, 0.1) is 0 Å². The summed E-state index contributed by atoms with van der Waals surface area (Å²) in [5.41, 5.74) is 3.38. The van der Waals surface area contributed by atoms with Crippen LogP contribution in [0.4, 0.5) is 11.4 Å². The van der Waals surface area contributed by atoms with E-state index in [1.165, 1.54) is 0 Å². The quantitative estimate of drug-likeness (QED) is 0.326. The highest BCUT2D eigenvalue weighted by Crippen LogP contribution is 2.38. The molecule has 0 spiro atoms. The molecule has 1 N–H and O–H groups in total. The number of fused-ring (bicyclic) bond motifs is 1. The minimum Gasteiger partial charge on any atom is -0.491 e. The minimum atomic E-state index is -1.02. The summed E-state index contributed by atoms with van der Waals surface area (Å²) in [5.74, 6) is 2.04. The normalized spacial score (nSPS) is 13.6. The summed E-state index contributed by atoms with van der Waals surface area (Å²) in [6.45, 7) is 1.74. The molecule has 1 unspecified atom stereocenters. The van der Waals surface area contributed by atoms with E-state index in [0.717, 1.165) is 46.3 Å². The molecule has 1 amide bonds. The van der Waals surface area contributed by atoms with Crippen molar-refractivity contribution in [1.82, 2.24) is 5.32 Å². The molecule has 0 radical (unpaired) electrons. The molecule has 0 aliphatic carbocycles. The number of para-hydroxylation sites is 1. The first-order chi connectivity index (χ1) is 18.1. The first kappa shape index (κ1) is 24.6. The maximum absolute atomic E-state index is 12.9. The van der Waals surface area contributed by atoms with Crippen molar-refractivity contribution in [3.05, 3.63) is 108 Å². The van der Waals surface area contributed by atoms with Gasteiger partial charge in [0.05, 0.1) is 12.3 Å². The van der Waals surface area contributed by atoms with Gasteiger partial charge in [0.25, 0.3) is 5.91 Å². The Labute approximate surface area is 219 Å². The lowest BCUT2D eigenvalue weighted by molar-refractivity contribution is 0.0950. The maximum Gasteiger partial charge on any atom is 0.251 e. The SMILES string of the molecule is CS(=O)c1ccc(CNC(=O)c2ccc3c(c2)OCCCN3c2cccc(Oc3ccccc3)c2)cc1. The third kappa shape index (κ3) is 6.01. The van der Waals surface area contributed by atoms with Crippen molar-refractivity contribution in [2.24, 2.45) is 0 Å². The van der Waals surface area contributed by atoms with Crippen LogP contribution in [0.5, 0.6) is 17.2 Å². The number of ether oxygens (including phenoxy) is 2. The van der Waals surface area contributed by atoms with Gasteiger partial charge in [0.15, 0.2) is 0 Å². The summed E-state index contributed by atoms with van der Waals surface area (Å²) >= 11 is 0. The summed E-state index contributed by atoms with van der Waals surface area (Å²) in [5, 5.41) is 2.96. The number of carbonyl (C=O) groups excluding carboxylic acids is 1. The number of anilines is 2. The van der Waals surface area contributed by atoms with E-state index in [0.29, 0.717) is 24.5 Å². The molecule has 0 saturated carbocycles. The van der Waals surface area contributed by atoms with Crippen LogP contribution in [0.3, 0.4) is 0 Å². The number of rotatable bonds is 7. The van der Waals surface area contributed by atoms with Crippen LogP contribution in [-0.2, 0) is 17.3 Å². The van der Waals surface area contributed by atoms with E-state index >= 15 is 0 Å². The molecule has 7 heteroatoms. The smallest absolute Gasteiger partial charge is 0.251 e. The third-order valence-corrected chi connectivity index (χ3v) is 7.05. The Hall–Kier alpha value is -4.10. The van der Waals surface area contributed by atoms with Crippen LogP contribution in [0.1, 0.15) is 22.3 Å². The summed E-state index contributed by atoms with van der Waals surface area (Å²) < 4.78 is 23.6. The maximum atomic E-state index is 12.9. The number of nitrogens with one attached hydrogen (secondary N) is 1. The van der Waals surface area contributed by atoms with Gasteiger partial charge in [-0.3, -0.25) is 9.00 Å². The molecule has 5 rings (SSSR count). The van der Waals surface area contributed by atoms with Crippen molar-refractivity contribution in [2.75, 3.05) is 24.3 Å². The fraction of sp³-hybridized carbons (Fsp3) is 0.167. The largest absolute Gasteiger partial charge is 0.491 e. The van der Waals surface area contributed by atoms with Crippen molar-refractivity contribution in [2.45, 2.75) is 17.9 Å². The van der Waals surface area contributed by atoms with Crippen molar-refractivity contribution in [3.8, 4) is 17.2 Å². The first-order valence-electron chi connectivity index (χ1n) is 12.1. The molecular weight excluding hydrogens is 484 g/mol. The third-order valence-electron chi connectivity index (χ3n) is 6.11. The second kappa shape index (κ2) is 11.3. The van der Waals surface area contributed by atoms with Gasteiger partial charge in [0, 0.05) is 52.4 Å². The Morgan fingerprint density at radius 3 is 2.51 bits per heavy atom. The summed E-state index contributed by atoms with van der Waals surface area (Å²) in [7, 11) is -1.02. The molecule has 1 aliphatic heterocycles. The Morgan fingerprint density at radius 1 is 0.946 bits per heavy atom. The molecule has 1 aliphatic rings. The monoisotopic (exact) mass is 512 g/mol. The molecule has 6 nitrogen and oxygen atoms in total. The van der Waals surface area contributed by atoms with Crippen molar-refractivity contribution in [3.63, 3.8) is 0 Å². The molecule has 37 heavy (non-hydrogen) atoms. The number of nitrogens with zero attached hydrogens (tertiary/aromatic N) is 1. The number of carbonyl (C=O) groups is 1. The standard InChI is InChI=1S/C30H28N2O4S/c1-37(34)27-14-11-22(12-15-27)21-31-30(33)23-13-16-28-29(19-23)35-18-6-17-32(28)24-7-5-10-26(20-24)36-25-8-3-2-4-9-25/h2-5,7-16,19-20H,6,17-18,21H2,1H3,(H,31,33). The van der Waals surface area contributed by atoms with Crippen LogP contribution >= 0.6 is 0 Å². The second-order valence-electron chi connectivity index (χ2n) is 8.73. The molecule has 188 valence electrons. The van der Waals surface area contributed by atoms with Crippen LogP contribution < -0.4 is 19.7 Å². The second-order valence-corrected chi connectivity index (χ2v) is 10.1. The Morgan fingerprint density at radius 2 is 1.73 bits per heavy atom. The van der Waals surface area contributed by atoms with Gasteiger partial charge >= 0.3 is 0 Å². The number of benzene rings is 4. The Balaban J connectivity index is 1.32.